The van der Waals surface area contributed by atoms with Crippen molar-refractivity contribution in [1.29, 1.82) is 0 Å². The van der Waals surface area contributed by atoms with Crippen molar-refractivity contribution in [3.8, 4) is 0 Å². The van der Waals surface area contributed by atoms with Crippen molar-refractivity contribution in [2.45, 2.75) is 94.2 Å². The zero-order valence-electron chi connectivity index (χ0n) is 24.7. The Hall–Kier alpha value is -3.78. The maximum absolute atomic E-state index is 14.2. The number of aromatic nitrogens is 4. The molecule has 3 aromatic rings. The number of amides is 2. The highest BCUT2D eigenvalue weighted by molar-refractivity contribution is 5.95. The Bertz CT molecular complexity index is 1620. The van der Waals surface area contributed by atoms with Gasteiger partial charge in [0.05, 0.1) is 29.5 Å². The summed E-state index contributed by atoms with van der Waals surface area (Å²) in [6, 6.07) is 2.40. The molecule has 3 N–H and O–H groups in total. The van der Waals surface area contributed by atoms with Gasteiger partial charge in [-0.15, -0.1) is 0 Å². The molecule has 0 radical (unpaired) electrons. The van der Waals surface area contributed by atoms with Gasteiger partial charge < -0.3 is 11.1 Å². The fraction of sp³-hybridized carbons (Fsp3) is 0.581. The highest BCUT2D eigenvalue weighted by Crippen LogP contribution is 2.47. The maximum atomic E-state index is 14.2. The number of imidazole rings is 1. The average molecular weight is 655 g/mol. The van der Waals surface area contributed by atoms with E-state index in [1.54, 1.807) is 18.5 Å². The Morgan fingerprint density at radius 2 is 1.65 bits per heavy atom. The summed E-state index contributed by atoms with van der Waals surface area (Å²) >= 11 is 0. The van der Waals surface area contributed by atoms with Crippen LogP contribution in [0.3, 0.4) is 0 Å². The van der Waals surface area contributed by atoms with E-state index in [0.717, 1.165) is 19.0 Å². The number of halogens is 7. The van der Waals surface area contributed by atoms with Crippen LogP contribution >= 0.6 is 0 Å². The van der Waals surface area contributed by atoms with E-state index < -0.39 is 72.7 Å². The van der Waals surface area contributed by atoms with E-state index in [-0.39, 0.29) is 66.5 Å². The second kappa shape index (κ2) is 11.8. The summed E-state index contributed by atoms with van der Waals surface area (Å²) in [5.41, 5.74) is 5.60. The first-order valence-electron chi connectivity index (χ1n) is 15.3. The molecule has 3 aliphatic rings. The molecule has 3 aromatic heterocycles. The lowest BCUT2D eigenvalue weighted by atomic mass is 9.72. The highest BCUT2D eigenvalue weighted by atomic mass is 19.4. The fourth-order valence-corrected chi connectivity index (χ4v) is 6.94. The van der Waals surface area contributed by atoms with Crippen molar-refractivity contribution in [2.24, 2.45) is 23.5 Å². The second-order valence-electron chi connectivity index (χ2n) is 13.0. The van der Waals surface area contributed by atoms with Gasteiger partial charge in [0.25, 0.3) is 0 Å². The Labute approximate surface area is 259 Å². The third-order valence-corrected chi connectivity index (χ3v) is 9.31. The van der Waals surface area contributed by atoms with Crippen LogP contribution in [0.4, 0.5) is 30.7 Å². The molecule has 0 saturated heterocycles. The molecule has 3 aliphatic carbocycles. The van der Waals surface area contributed by atoms with Gasteiger partial charge in [-0.05, 0) is 61.1 Å². The van der Waals surface area contributed by atoms with Crippen LogP contribution < -0.4 is 11.1 Å². The van der Waals surface area contributed by atoms with Gasteiger partial charge in [0.1, 0.15) is 0 Å². The standard InChI is InChI=1S/C31H33F7N6O2/c32-29(33)7-3-17(4-8-29)24(25-19(27(39)46)5-9-40-21(25)14-31(36,37)38)22-15-44-10-6-20(41-28(44)42-22)26(18-1-2-18)43-23(45)11-16-12-30(34,35)13-16/h5-6,9-10,15-18,24,26H,1-4,7-8,11-14H2,(H2,39,46)(H,43,45)/t24-,26+/m1/s1. The lowest BCUT2D eigenvalue weighted by molar-refractivity contribution is -0.134. The van der Waals surface area contributed by atoms with Crippen LogP contribution in [0.25, 0.3) is 5.78 Å². The summed E-state index contributed by atoms with van der Waals surface area (Å²) in [6.07, 6.45) is -1.96. The summed E-state index contributed by atoms with van der Waals surface area (Å²) in [6.45, 7) is 0. The minimum atomic E-state index is -4.68. The Morgan fingerprint density at radius 1 is 0.978 bits per heavy atom. The number of hydrogen-bond acceptors (Lipinski definition) is 5. The van der Waals surface area contributed by atoms with E-state index in [9.17, 15) is 40.3 Å². The van der Waals surface area contributed by atoms with E-state index in [4.69, 9.17) is 5.73 Å². The van der Waals surface area contributed by atoms with Gasteiger partial charge in [0, 0.05) is 62.2 Å². The van der Waals surface area contributed by atoms with E-state index >= 15 is 0 Å². The van der Waals surface area contributed by atoms with Crippen LogP contribution in [-0.2, 0) is 11.2 Å². The molecule has 8 nitrogen and oxygen atoms in total. The molecule has 0 aromatic carbocycles. The minimum Gasteiger partial charge on any atom is -0.366 e. The van der Waals surface area contributed by atoms with Gasteiger partial charge in [-0.3, -0.25) is 19.0 Å². The number of nitrogens with zero attached hydrogens (tertiary/aromatic N) is 4. The van der Waals surface area contributed by atoms with Crippen LogP contribution in [0.2, 0.25) is 0 Å². The Kier molecular flexibility index (Phi) is 8.24. The molecule has 2 amide bonds. The zero-order chi connectivity index (χ0) is 33.0. The van der Waals surface area contributed by atoms with Crippen LogP contribution in [-0.4, -0.2) is 49.2 Å². The summed E-state index contributed by atoms with van der Waals surface area (Å²) in [4.78, 5) is 38.5. The molecule has 248 valence electrons. The number of hydrogen-bond donors (Lipinski definition) is 2. The number of carbonyl (C=O) groups excluding carboxylic acids is 2. The van der Waals surface area contributed by atoms with Crippen molar-refractivity contribution in [2.75, 3.05) is 0 Å². The van der Waals surface area contributed by atoms with Crippen LogP contribution in [0.15, 0.2) is 30.7 Å². The van der Waals surface area contributed by atoms with Crippen molar-refractivity contribution in [1.82, 2.24) is 24.7 Å². The lowest BCUT2D eigenvalue weighted by Crippen LogP contribution is -2.39. The highest BCUT2D eigenvalue weighted by Gasteiger charge is 2.46. The Balaban J connectivity index is 1.36. The first-order chi connectivity index (χ1) is 21.6. The van der Waals surface area contributed by atoms with Gasteiger partial charge in [0.15, 0.2) is 0 Å². The van der Waals surface area contributed by atoms with Gasteiger partial charge in [0.2, 0.25) is 29.4 Å². The quantitative estimate of drug-likeness (QED) is 0.250. The predicted octanol–water partition coefficient (Wildman–Crippen LogP) is 6.29. The van der Waals surface area contributed by atoms with Crippen LogP contribution in [0, 0.1) is 17.8 Å². The molecule has 2 atom stereocenters. The van der Waals surface area contributed by atoms with Gasteiger partial charge in [-0.1, -0.05) is 0 Å². The minimum absolute atomic E-state index is 0.0236. The number of fused-ring (bicyclic) bond motifs is 1. The van der Waals surface area contributed by atoms with E-state index in [1.165, 1.54) is 10.5 Å². The monoisotopic (exact) mass is 654 g/mol. The number of rotatable bonds is 10. The molecule has 46 heavy (non-hydrogen) atoms. The van der Waals surface area contributed by atoms with Crippen molar-refractivity contribution >= 4 is 17.6 Å². The predicted molar refractivity (Wildman–Crippen MR) is 150 cm³/mol. The molecule has 3 fully saturated rings. The maximum Gasteiger partial charge on any atom is 0.394 e. The smallest absolute Gasteiger partial charge is 0.366 e. The number of nitrogens with one attached hydrogen (secondary N) is 1. The van der Waals surface area contributed by atoms with Gasteiger partial charge in [-0.25, -0.2) is 27.5 Å². The SMILES string of the molecule is NC(=O)c1ccnc(CC(F)(F)F)c1[C@@H](c1cn2ccc([C@@H](NC(=O)CC3CC(F)(F)C3)C3CC3)nc2n1)C1CCC(F)(F)CC1. The third kappa shape index (κ3) is 7.12. The molecule has 6 rings (SSSR count). The first kappa shape index (κ1) is 32.2. The number of carbonyl (C=O) groups is 2. The normalized spacial score (nSPS) is 21.5. The Morgan fingerprint density at radius 3 is 2.26 bits per heavy atom. The van der Waals surface area contributed by atoms with Crippen molar-refractivity contribution in [3.63, 3.8) is 0 Å². The van der Waals surface area contributed by atoms with Crippen molar-refractivity contribution < 1.29 is 40.3 Å². The number of primary amides is 1. The fourth-order valence-electron chi connectivity index (χ4n) is 6.94. The lowest BCUT2D eigenvalue weighted by Gasteiger charge is -2.34. The molecule has 0 unspecified atom stereocenters. The number of pyridine rings is 1. The summed E-state index contributed by atoms with van der Waals surface area (Å²) < 4.78 is 97.6. The molecule has 3 saturated carbocycles. The molecule has 15 heteroatoms. The molecular weight excluding hydrogens is 621 g/mol. The molecule has 0 spiro atoms. The molecular formula is C31H33F7N6O2. The van der Waals surface area contributed by atoms with Crippen molar-refractivity contribution in [3.05, 3.63) is 58.9 Å². The first-order valence-corrected chi connectivity index (χ1v) is 15.3. The van der Waals surface area contributed by atoms with Gasteiger partial charge in [-0.2, -0.15) is 13.2 Å². The van der Waals surface area contributed by atoms with Crippen LogP contribution in [0.5, 0.6) is 0 Å². The average Bonchev–Trinajstić information content (AvgIpc) is 3.69. The molecule has 0 bridgehead atoms. The summed E-state index contributed by atoms with van der Waals surface area (Å²) in [5, 5.41) is 2.93. The number of nitrogens with two attached hydrogens (primary N) is 1. The zero-order valence-corrected chi connectivity index (χ0v) is 24.7. The number of alkyl halides is 7. The van der Waals surface area contributed by atoms with Gasteiger partial charge >= 0.3 is 6.18 Å². The summed E-state index contributed by atoms with van der Waals surface area (Å²) in [5.74, 6) is -8.76. The molecule has 3 heterocycles. The summed E-state index contributed by atoms with van der Waals surface area (Å²) in [7, 11) is 0. The largest absolute Gasteiger partial charge is 0.394 e. The van der Waals surface area contributed by atoms with E-state index in [2.05, 4.69) is 20.3 Å². The second-order valence-corrected chi connectivity index (χ2v) is 13.0. The third-order valence-electron chi connectivity index (χ3n) is 9.31. The van der Waals surface area contributed by atoms with Crippen LogP contribution in [0.1, 0.15) is 103 Å². The topological polar surface area (TPSA) is 115 Å². The van der Waals surface area contributed by atoms with E-state index in [0.29, 0.717) is 5.69 Å². The van der Waals surface area contributed by atoms with E-state index in [1.807, 2.05) is 0 Å². The molecule has 0 aliphatic heterocycles.